The molecule has 0 aliphatic rings. The molecular weight excluding hydrogens is 442 g/mol. The molecule has 31 heavy (non-hydrogen) atoms. The summed E-state index contributed by atoms with van der Waals surface area (Å²) in [6.07, 6.45) is 0.534. The average molecular weight is 464 g/mol. The maximum atomic E-state index is 13.2. The second-order valence-electron chi connectivity index (χ2n) is 6.80. The van der Waals surface area contributed by atoms with Crippen LogP contribution in [-0.4, -0.2) is 26.6 Å². The first-order valence-corrected chi connectivity index (χ1v) is 11.3. The number of hydrogen-bond acceptors (Lipinski definition) is 6. The number of sulfonamides is 1. The van der Waals surface area contributed by atoms with Crippen molar-refractivity contribution in [1.82, 2.24) is 5.16 Å². The number of aryl methyl sites for hydroxylation is 2. The number of nitrogens with zero attached hydrogens (tertiary/aromatic N) is 1. The Morgan fingerprint density at radius 3 is 2.61 bits per heavy atom. The number of methoxy groups -OCH3 is 1. The van der Waals surface area contributed by atoms with Crippen LogP contribution < -0.4 is 14.8 Å². The molecule has 2 aromatic carbocycles. The highest BCUT2D eigenvalue weighted by molar-refractivity contribution is 7.92. The Hall–Kier alpha value is -3.04. The van der Waals surface area contributed by atoms with Crippen molar-refractivity contribution in [3.8, 4) is 16.9 Å². The topological polar surface area (TPSA) is 111 Å². The van der Waals surface area contributed by atoms with E-state index in [9.17, 15) is 13.2 Å². The van der Waals surface area contributed by atoms with Crippen LogP contribution in [0, 0.1) is 6.92 Å². The third-order valence-corrected chi connectivity index (χ3v) is 6.30. The van der Waals surface area contributed by atoms with Crippen molar-refractivity contribution in [2.24, 2.45) is 0 Å². The van der Waals surface area contributed by atoms with E-state index in [1.807, 2.05) is 6.92 Å². The third-order valence-electron chi connectivity index (χ3n) is 4.56. The van der Waals surface area contributed by atoms with Crippen LogP contribution in [0.5, 0.6) is 5.75 Å². The number of benzene rings is 2. The van der Waals surface area contributed by atoms with Crippen LogP contribution in [0.2, 0.25) is 5.02 Å². The second-order valence-corrected chi connectivity index (χ2v) is 8.89. The second kappa shape index (κ2) is 8.99. The largest absolute Gasteiger partial charge is 0.495 e. The Kier molecular flexibility index (Phi) is 6.56. The van der Waals surface area contributed by atoms with E-state index in [1.165, 1.54) is 26.2 Å². The average Bonchev–Trinajstić information content (AvgIpc) is 3.10. The van der Waals surface area contributed by atoms with Gasteiger partial charge in [0.15, 0.2) is 0 Å². The van der Waals surface area contributed by atoms with Crippen molar-refractivity contribution in [3.63, 3.8) is 0 Å². The standard InChI is InChI=1S/C21H22ClN3O5S/c1-5-16-20(21(30-24-16)23-13(3)26)14-7-6-12(2)19(10-14)31(27,28)25-17-11-15(22)8-9-18(17)29-4/h6-11,25H,5H2,1-4H3,(H,23,26). The van der Waals surface area contributed by atoms with Gasteiger partial charge in [0.1, 0.15) is 5.75 Å². The van der Waals surface area contributed by atoms with E-state index < -0.39 is 10.0 Å². The molecule has 10 heteroatoms. The molecular formula is C21H22ClN3O5S. The van der Waals surface area contributed by atoms with Crippen LogP contribution in [0.3, 0.4) is 0 Å². The lowest BCUT2D eigenvalue weighted by molar-refractivity contribution is -0.114. The van der Waals surface area contributed by atoms with Gasteiger partial charge in [-0.3, -0.25) is 14.8 Å². The fraction of sp³-hybridized carbons (Fsp3) is 0.238. The lowest BCUT2D eigenvalue weighted by atomic mass is 10.0. The molecule has 8 nitrogen and oxygen atoms in total. The molecule has 0 aliphatic carbocycles. The summed E-state index contributed by atoms with van der Waals surface area (Å²) < 4.78 is 39.5. The van der Waals surface area contributed by atoms with E-state index in [0.717, 1.165) is 0 Å². The van der Waals surface area contributed by atoms with Crippen molar-refractivity contribution in [3.05, 3.63) is 52.7 Å². The zero-order valence-corrected chi connectivity index (χ0v) is 19.0. The molecule has 0 atom stereocenters. The summed E-state index contributed by atoms with van der Waals surface area (Å²) in [5.41, 5.74) is 2.44. The highest BCUT2D eigenvalue weighted by atomic mass is 35.5. The number of hydrogen-bond donors (Lipinski definition) is 2. The lowest BCUT2D eigenvalue weighted by Crippen LogP contribution is -2.15. The van der Waals surface area contributed by atoms with Gasteiger partial charge in [-0.1, -0.05) is 35.8 Å². The maximum absolute atomic E-state index is 13.2. The zero-order chi connectivity index (χ0) is 22.8. The van der Waals surface area contributed by atoms with Crippen molar-refractivity contribution < 1.29 is 22.5 Å². The molecule has 0 unspecified atom stereocenters. The summed E-state index contributed by atoms with van der Waals surface area (Å²) >= 11 is 6.02. The molecule has 1 heterocycles. The first kappa shape index (κ1) is 22.6. The summed E-state index contributed by atoms with van der Waals surface area (Å²) in [5, 5.41) is 6.95. The molecule has 0 fully saturated rings. The van der Waals surface area contributed by atoms with Crippen molar-refractivity contribution in [2.75, 3.05) is 17.1 Å². The normalized spacial score (nSPS) is 11.3. The predicted molar refractivity (Wildman–Crippen MR) is 119 cm³/mol. The van der Waals surface area contributed by atoms with Gasteiger partial charge in [0.2, 0.25) is 11.8 Å². The van der Waals surface area contributed by atoms with E-state index in [0.29, 0.717) is 39.6 Å². The molecule has 0 bridgehead atoms. The van der Waals surface area contributed by atoms with Gasteiger partial charge in [-0.15, -0.1) is 0 Å². The van der Waals surface area contributed by atoms with Gasteiger partial charge in [-0.2, -0.15) is 0 Å². The summed E-state index contributed by atoms with van der Waals surface area (Å²) in [7, 11) is -2.55. The summed E-state index contributed by atoms with van der Waals surface area (Å²) in [5.74, 6) is 0.178. The minimum atomic E-state index is -3.99. The van der Waals surface area contributed by atoms with Crippen LogP contribution >= 0.6 is 11.6 Å². The zero-order valence-electron chi connectivity index (χ0n) is 17.4. The Morgan fingerprint density at radius 2 is 1.97 bits per heavy atom. The number of aromatic nitrogens is 1. The van der Waals surface area contributed by atoms with Gasteiger partial charge < -0.3 is 9.26 Å². The number of ether oxygens (including phenoxy) is 1. The van der Waals surface area contributed by atoms with Gasteiger partial charge >= 0.3 is 0 Å². The fourth-order valence-electron chi connectivity index (χ4n) is 3.11. The molecule has 1 aromatic heterocycles. The Labute approximate surface area is 185 Å². The smallest absolute Gasteiger partial charge is 0.262 e. The molecule has 0 saturated carbocycles. The highest BCUT2D eigenvalue weighted by Crippen LogP contribution is 2.35. The van der Waals surface area contributed by atoms with Gasteiger partial charge in [-0.05, 0) is 48.7 Å². The SMILES string of the molecule is CCc1noc(NC(C)=O)c1-c1ccc(C)c(S(=O)(=O)Nc2cc(Cl)ccc2OC)c1. The van der Waals surface area contributed by atoms with E-state index in [1.54, 1.807) is 31.2 Å². The van der Waals surface area contributed by atoms with Crippen LogP contribution in [0.25, 0.3) is 11.1 Å². The predicted octanol–water partition coefficient (Wildman–Crippen LogP) is 4.63. The lowest BCUT2D eigenvalue weighted by Gasteiger charge is -2.15. The minimum Gasteiger partial charge on any atom is -0.495 e. The quantitative estimate of drug-likeness (QED) is 0.528. The Bertz CT molecular complexity index is 1240. The first-order valence-electron chi connectivity index (χ1n) is 9.39. The van der Waals surface area contributed by atoms with E-state index in [4.69, 9.17) is 20.9 Å². The number of amides is 1. The van der Waals surface area contributed by atoms with Crippen molar-refractivity contribution in [2.45, 2.75) is 32.1 Å². The summed E-state index contributed by atoms with van der Waals surface area (Å²) in [6, 6.07) is 9.61. The maximum Gasteiger partial charge on any atom is 0.262 e. The van der Waals surface area contributed by atoms with Gasteiger partial charge in [-0.25, -0.2) is 8.42 Å². The van der Waals surface area contributed by atoms with Crippen LogP contribution in [-0.2, 0) is 21.2 Å². The molecule has 3 rings (SSSR count). The number of nitrogens with one attached hydrogen (secondary N) is 2. The minimum absolute atomic E-state index is 0.0593. The van der Waals surface area contributed by atoms with E-state index in [2.05, 4.69) is 15.2 Å². The monoisotopic (exact) mass is 463 g/mol. The number of anilines is 2. The molecule has 1 amide bonds. The number of carbonyl (C=O) groups excluding carboxylic acids is 1. The third kappa shape index (κ3) is 4.83. The molecule has 0 radical (unpaired) electrons. The van der Waals surface area contributed by atoms with E-state index in [-0.39, 0.29) is 22.4 Å². The van der Waals surface area contributed by atoms with Crippen molar-refractivity contribution in [1.29, 1.82) is 0 Å². The molecule has 164 valence electrons. The summed E-state index contributed by atoms with van der Waals surface area (Å²) in [6.45, 7) is 4.93. The number of carbonyl (C=O) groups is 1. The number of rotatable bonds is 7. The van der Waals surface area contributed by atoms with E-state index >= 15 is 0 Å². The number of halogens is 1. The summed E-state index contributed by atoms with van der Waals surface area (Å²) in [4.78, 5) is 11.6. The van der Waals surface area contributed by atoms with Gasteiger partial charge in [0.05, 0.1) is 29.0 Å². The van der Waals surface area contributed by atoms with Gasteiger partial charge in [0.25, 0.3) is 10.0 Å². The van der Waals surface area contributed by atoms with Crippen molar-refractivity contribution >= 4 is 39.1 Å². The Balaban J connectivity index is 2.09. The molecule has 3 aromatic rings. The van der Waals surface area contributed by atoms with Crippen LogP contribution in [0.1, 0.15) is 25.1 Å². The highest BCUT2D eigenvalue weighted by Gasteiger charge is 2.23. The molecule has 0 aliphatic heterocycles. The van der Waals surface area contributed by atoms with Gasteiger partial charge in [0, 0.05) is 11.9 Å². The van der Waals surface area contributed by atoms with Crippen LogP contribution in [0.15, 0.2) is 45.8 Å². The first-order chi connectivity index (χ1) is 14.7. The fourth-order valence-corrected chi connectivity index (χ4v) is 4.62. The van der Waals surface area contributed by atoms with Crippen LogP contribution in [0.4, 0.5) is 11.6 Å². The molecule has 0 saturated heterocycles. The Morgan fingerprint density at radius 1 is 1.23 bits per heavy atom. The molecule has 2 N–H and O–H groups in total. The molecule has 0 spiro atoms.